The van der Waals surface area contributed by atoms with E-state index in [4.69, 9.17) is 4.42 Å². The predicted molar refractivity (Wildman–Crippen MR) is 77.3 cm³/mol. The predicted octanol–water partition coefficient (Wildman–Crippen LogP) is 1.20. The molecule has 0 aliphatic rings. The number of likely N-dealkylation sites (N-methyl/N-ethyl adjacent to an activating group) is 1. The monoisotopic (exact) mass is 269 g/mol. The Morgan fingerprint density at radius 1 is 1.21 bits per heavy atom. The zero-order valence-electron chi connectivity index (χ0n) is 12.8. The Labute approximate surface area is 116 Å². The maximum Gasteiger partial charge on any atom is 0.318 e. The average Bonchev–Trinajstić information content (AvgIpc) is 2.80. The summed E-state index contributed by atoms with van der Waals surface area (Å²) in [6, 6.07) is 0.628. The molecule has 1 N–H and O–H groups in total. The van der Waals surface area contributed by atoms with Gasteiger partial charge in [-0.25, -0.2) is 0 Å². The van der Waals surface area contributed by atoms with Gasteiger partial charge in [0.2, 0.25) is 5.89 Å². The van der Waals surface area contributed by atoms with Crippen molar-refractivity contribution in [3.63, 3.8) is 0 Å². The van der Waals surface area contributed by atoms with E-state index in [1.807, 2.05) is 0 Å². The quantitative estimate of drug-likeness (QED) is 0.727. The molecule has 110 valence electrons. The second kappa shape index (κ2) is 8.12. The number of anilines is 1. The van der Waals surface area contributed by atoms with Crippen molar-refractivity contribution in [1.82, 2.24) is 20.4 Å². The summed E-state index contributed by atoms with van der Waals surface area (Å²) >= 11 is 0. The molecule has 0 spiro atoms. The molecule has 0 radical (unpaired) electrons. The second-order valence-electron chi connectivity index (χ2n) is 5.40. The molecular formula is C13H27N5O. The molecule has 6 heteroatoms. The van der Waals surface area contributed by atoms with Gasteiger partial charge in [0, 0.05) is 19.6 Å². The minimum atomic E-state index is 0.561. The summed E-state index contributed by atoms with van der Waals surface area (Å²) in [6.45, 7) is 10.8. The summed E-state index contributed by atoms with van der Waals surface area (Å²) in [7, 11) is 4.13. The van der Waals surface area contributed by atoms with Crippen LogP contribution in [0.15, 0.2) is 4.42 Å². The molecule has 0 fully saturated rings. The molecule has 0 saturated carbocycles. The van der Waals surface area contributed by atoms with Gasteiger partial charge in [-0.15, -0.1) is 5.10 Å². The first-order chi connectivity index (χ1) is 9.02. The third-order valence-electron chi connectivity index (χ3n) is 2.66. The molecule has 0 bridgehead atoms. The Balaban J connectivity index is 2.64. The lowest BCUT2D eigenvalue weighted by Crippen LogP contribution is -2.34. The number of rotatable bonds is 9. The van der Waals surface area contributed by atoms with Gasteiger partial charge in [-0.05, 0) is 26.6 Å². The fraction of sp³-hybridized carbons (Fsp3) is 0.846. The summed E-state index contributed by atoms with van der Waals surface area (Å²) in [5.74, 6) is 1.21. The first kappa shape index (κ1) is 15.9. The number of hydrogen-bond acceptors (Lipinski definition) is 6. The standard InChI is InChI=1S/C13H27N5O/c1-6-14-9-12-15-16-13(19-12)18(10-11(2)3)8-7-17(4)5/h11,14H,6-10H2,1-5H3. The number of aromatic nitrogens is 2. The van der Waals surface area contributed by atoms with Gasteiger partial charge >= 0.3 is 6.01 Å². The highest BCUT2D eigenvalue weighted by Gasteiger charge is 2.15. The van der Waals surface area contributed by atoms with E-state index in [9.17, 15) is 0 Å². The fourth-order valence-corrected chi connectivity index (χ4v) is 1.70. The number of nitrogens with zero attached hydrogens (tertiary/aromatic N) is 4. The summed E-state index contributed by atoms with van der Waals surface area (Å²) in [4.78, 5) is 4.32. The van der Waals surface area contributed by atoms with Gasteiger partial charge in [-0.2, -0.15) is 0 Å². The minimum Gasteiger partial charge on any atom is -0.407 e. The van der Waals surface area contributed by atoms with Crippen LogP contribution in [0.25, 0.3) is 0 Å². The van der Waals surface area contributed by atoms with Gasteiger partial charge in [-0.1, -0.05) is 25.9 Å². The van der Waals surface area contributed by atoms with Gasteiger partial charge in [0.25, 0.3) is 0 Å². The summed E-state index contributed by atoms with van der Waals surface area (Å²) in [5, 5.41) is 11.4. The molecule has 0 saturated heterocycles. The Morgan fingerprint density at radius 3 is 2.53 bits per heavy atom. The van der Waals surface area contributed by atoms with Crippen molar-refractivity contribution in [2.24, 2.45) is 5.92 Å². The first-order valence-electron chi connectivity index (χ1n) is 6.95. The van der Waals surface area contributed by atoms with Crippen molar-refractivity contribution in [3.05, 3.63) is 5.89 Å². The summed E-state index contributed by atoms with van der Waals surface area (Å²) < 4.78 is 5.70. The van der Waals surface area contributed by atoms with Gasteiger partial charge < -0.3 is 19.5 Å². The lowest BCUT2D eigenvalue weighted by atomic mass is 10.2. The van der Waals surface area contributed by atoms with Crippen molar-refractivity contribution in [2.75, 3.05) is 45.2 Å². The molecule has 0 aliphatic carbocycles. The van der Waals surface area contributed by atoms with E-state index >= 15 is 0 Å². The minimum absolute atomic E-state index is 0.561. The van der Waals surface area contributed by atoms with Crippen molar-refractivity contribution in [3.8, 4) is 0 Å². The molecule has 19 heavy (non-hydrogen) atoms. The number of nitrogens with one attached hydrogen (secondary N) is 1. The molecule has 0 unspecified atom stereocenters. The van der Waals surface area contributed by atoms with Crippen LogP contribution in [0, 0.1) is 5.92 Å². The third kappa shape index (κ3) is 6.02. The zero-order valence-corrected chi connectivity index (χ0v) is 12.8. The molecule has 1 rings (SSSR count). The molecule has 1 aromatic rings. The van der Waals surface area contributed by atoms with E-state index in [0.29, 0.717) is 24.4 Å². The molecule has 0 aromatic carbocycles. The molecule has 1 aromatic heterocycles. The second-order valence-corrected chi connectivity index (χ2v) is 5.40. The zero-order chi connectivity index (χ0) is 14.3. The Hall–Kier alpha value is -1.14. The van der Waals surface area contributed by atoms with Gasteiger partial charge in [0.15, 0.2) is 0 Å². The van der Waals surface area contributed by atoms with Crippen molar-refractivity contribution in [2.45, 2.75) is 27.3 Å². The Bertz CT molecular complexity index is 351. The molecule has 0 amide bonds. The Morgan fingerprint density at radius 2 is 1.95 bits per heavy atom. The van der Waals surface area contributed by atoms with Crippen molar-refractivity contribution >= 4 is 6.01 Å². The van der Waals surface area contributed by atoms with Crippen molar-refractivity contribution in [1.29, 1.82) is 0 Å². The average molecular weight is 269 g/mol. The van der Waals surface area contributed by atoms with Crippen LogP contribution in [0.4, 0.5) is 6.01 Å². The summed E-state index contributed by atoms with van der Waals surface area (Å²) in [6.07, 6.45) is 0. The fourth-order valence-electron chi connectivity index (χ4n) is 1.70. The smallest absolute Gasteiger partial charge is 0.318 e. The van der Waals surface area contributed by atoms with Crippen molar-refractivity contribution < 1.29 is 4.42 Å². The topological polar surface area (TPSA) is 57.4 Å². The van der Waals surface area contributed by atoms with Crippen LogP contribution in [0.1, 0.15) is 26.7 Å². The lowest BCUT2D eigenvalue weighted by molar-refractivity contribution is 0.395. The van der Waals surface area contributed by atoms with Crippen LogP contribution in [0.3, 0.4) is 0 Å². The largest absolute Gasteiger partial charge is 0.407 e. The first-order valence-corrected chi connectivity index (χ1v) is 6.95. The highest BCUT2D eigenvalue weighted by Crippen LogP contribution is 2.14. The maximum absolute atomic E-state index is 5.70. The van der Waals surface area contributed by atoms with E-state index < -0.39 is 0 Å². The van der Waals surface area contributed by atoms with E-state index in [2.05, 4.69) is 60.2 Å². The van der Waals surface area contributed by atoms with Crippen LogP contribution in [0.5, 0.6) is 0 Å². The van der Waals surface area contributed by atoms with Gasteiger partial charge in [0.1, 0.15) is 0 Å². The van der Waals surface area contributed by atoms with Crippen LogP contribution in [-0.2, 0) is 6.54 Å². The third-order valence-corrected chi connectivity index (χ3v) is 2.66. The van der Waals surface area contributed by atoms with Crippen LogP contribution >= 0.6 is 0 Å². The molecule has 0 aliphatic heterocycles. The summed E-state index contributed by atoms with van der Waals surface area (Å²) in [5.41, 5.74) is 0. The normalized spacial score (nSPS) is 11.5. The molecular weight excluding hydrogens is 242 g/mol. The maximum atomic E-state index is 5.70. The van der Waals surface area contributed by atoms with E-state index in [-0.39, 0.29) is 0 Å². The highest BCUT2D eigenvalue weighted by atomic mass is 16.4. The SMILES string of the molecule is CCNCc1nnc(N(CCN(C)C)CC(C)C)o1. The molecule has 6 nitrogen and oxygen atoms in total. The van der Waals surface area contributed by atoms with E-state index in [1.165, 1.54) is 0 Å². The highest BCUT2D eigenvalue weighted by molar-refractivity contribution is 5.24. The molecule has 1 heterocycles. The van der Waals surface area contributed by atoms with Crippen LogP contribution in [-0.4, -0.2) is 55.4 Å². The van der Waals surface area contributed by atoms with Gasteiger partial charge in [-0.3, -0.25) is 0 Å². The van der Waals surface area contributed by atoms with E-state index in [0.717, 1.165) is 26.2 Å². The van der Waals surface area contributed by atoms with Gasteiger partial charge in [0.05, 0.1) is 6.54 Å². The Kier molecular flexibility index (Phi) is 6.80. The van der Waals surface area contributed by atoms with E-state index in [1.54, 1.807) is 0 Å². The van der Waals surface area contributed by atoms with Crippen LogP contribution in [0.2, 0.25) is 0 Å². The number of hydrogen-bond donors (Lipinski definition) is 1. The lowest BCUT2D eigenvalue weighted by Gasteiger charge is -2.23. The van der Waals surface area contributed by atoms with Crippen LogP contribution < -0.4 is 10.2 Å². The molecule has 0 atom stereocenters.